The van der Waals surface area contributed by atoms with Gasteiger partial charge in [0.15, 0.2) is 0 Å². The van der Waals surface area contributed by atoms with Crippen LogP contribution in [0.15, 0.2) is 24.3 Å². The maximum Gasteiger partial charge on any atom is 0.120 e. The van der Waals surface area contributed by atoms with E-state index in [4.69, 9.17) is 0 Å². The molecule has 0 saturated heterocycles. The fourth-order valence-electron chi connectivity index (χ4n) is 4.37. The zero-order chi connectivity index (χ0) is 13.4. The molecule has 0 spiro atoms. The van der Waals surface area contributed by atoms with Gasteiger partial charge in [-0.2, -0.15) is 0 Å². The summed E-state index contributed by atoms with van der Waals surface area (Å²) in [6.45, 7) is 4.47. The normalized spacial score (nSPS) is 32.4. The lowest BCUT2D eigenvalue weighted by molar-refractivity contribution is 0.247. The smallest absolute Gasteiger partial charge is 0.120 e. The molecular weight excluding hydrogens is 234 g/mol. The molecule has 0 aromatic heterocycles. The molecular formula is C17H25NO. The van der Waals surface area contributed by atoms with Crippen molar-refractivity contribution in [3.63, 3.8) is 0 Å². The molecule has 0 heterocycles. The molecule has 0 aliphatic heterocycles. The van der Waals surface area contributed by atoms with Crippen LogP contribution in [0.1, 0.15) is 51.1 Å². The minimum Gasteiger partial charge on any atom is -0.508 e. The molecule has 2 fully saturated rings. The number of rotatable bonds is 4. The molecule has 2 bridgehead atoms. The molecule has 2 nitrogen and oxygen atoms in total. The van der Waals surface area contributed by atoms with Crippen LogP contribution in [0.5, 0.6) is 5.75 Å². The second kappa shape index (κ2) is 5.16. The van der Waals surface area contributed by atoms with Crippen molar-refractivity contribution in [1.82, 2.24) is 5.32 Å². The van der Waals surface area contributed by atoms with Gasteiger partial charge in [0.25, 0.3) is 0 Å². The second-order valence-corrected chi connectivity index (χ2v) is 6.57. The van der Waals surface area contributed by atoms with Crippen LogP contribution in [0.2, 0.25) is 0 Å². The van der Waals surface area contributed by atoms with Crippen molar-refractivity contribution in [3.05, 3.63) is 29.8 Å². The summed E-state index contributed by atoms with van der Waals surface area (Å²) in [6.07, 6.45) is 5.77. The second-order valence-electron chi connectivity index (χ2n) is 6.57. The Balaban J connectivity index is 1.63. The van der Waals surface area contributed by atoms with E-state index in [-0.39, 0.29) is 6.04 Å². The number of benzene rings is 1. The lowest BCUT2D eigenvalue weighted by Crippen LogP contribution is -2.37. The third-order valence-corrected chi connectivity index (χ3v) is 5.35. The summed E-state index contributed by atoms with van der Waals surface area (Å²) in [5, 5.41) is 13.6. The Morgan fingerprint density at radius 3 is 2.58 bits per heavy atom. The molecule has 0 radical (unpaired) electrons. The van der Waals surface area contributed by atoms with Crippen molar-refractivity contribution >= 4 is 0 Å². The van der Waals surface area contributed by atoms with Crippen LogP contribution in [-0.4, -0.2) is 11.1 Å². The summed E-state index contributed by atoms with van der Waals surface area (Å²) in [5.74, 6) is 3.19. The van der Waals surface area contributed by atoms with Gasteiger partial charge in [0.1, 0.15) is 5.75 Å². The number of hydrogen-bond acceptors (Lipinski definition) is 2. The Hall–Kier alpha value is -1.02. The summed E-state index contributed by atoms with van der Waals surface area (Å²) < 4.78 is 0. The van der Waals surface area contributed by atoms with E-state index in [9.17, 15) is 5.11 Å². The van der Waals surface area contributed by atoms with E-state index in [1.807, 2.05) is 18.2 Å². The van der Waals surface area contributed by atoms with E-state index < -0.39 is 0 Å². The van der Waals surface area contributed by atoms with Crippen LogP contribution in [0.4, 0.5) is 0 Å². The lowest BCUT2D eigenvalue weighted by atomic mass is 9.83. The monoisotopic (exact) mass is 259 g/mol. The Labute approximate surface area is 116 Å². The zero-order valence-corrected chi connectivity index (χ0v) is 12.0. The Kier molecular flexibility index (Phi) is 3.53. The molecule has 1 aromatic carbocycles. The number of phenolic OH excluding ortho intramolecular Hbond substituents is 1. The fourth-order valence-corrected chi connectivity index (χ4v) is 4.37. The number of hydrogen-bond donors (Lipinski definition) is 2. The van der Waals surface area contributed by atoms with Crippen LogP contribution in [0.3, 0.4) is 0 Å². The molecule has 104 valence electrons. The minimum atomic E-state index is 0.218. The van der Waals surface area contributed by atoms with Gasteiger partial charge < -0.3 is 10.4 Å². The Morgan fingerprint density at radius 1 is 1.16 bits per heavy atom. The predicted octanol–water partition coefficient (Wildman–Crippen LogP) is 3.87. The average molecular weight is 259 g/mol. The summed E-state index contributed by atoms with van der Waals surface area (Å²) in [7, 11) is 0. The van der Waals surface area contributed by atoms with Gasteiger partial charge >= 0.3 is 0 Å². The molecule has 2 heteroatoms. The maximum atomic E-state index is 9.92. The highest BCUT2D eigenvalue weighted by atomic mass is 16.3. The molecule has 1 aromatic rings. The molecule has 19 heavy (non-hydrogen) atoms. The Morgan fingerprint density at radius 2 is 1.95 bits per heavy atom. The highest BCUT2D eigenvalue weighted by Crippen LogP contribution is 2.49. The number of phenols is 1. The van der Waals surface area contributed by atoms with Crippen LogP contribution < -0.4 is 5.32 Å². The van der Waals surface area contributed by atoms with Crippen molar-refractivity contribution in [2.75, 3.05) is 0 Å². The summed E-state index contributed by atoms with van der Waals surface area (Å²) in [4.78, 5) is 0. The van der Waals surface area contributed by atoms with Crippen molar-refractivity contribution in [2.45, 2.75) is 51.6 Å². The third kappa shape index (κ3) is 2.51. The fraction of sp³-hybridized carbons (Fsp3) is 0.647. The van der Waals surface area contributed by atoms with Gasteiger partial charge in [-0.25, -0.2) is 0 Å². The van der Waals surface area contributed by atoms with Gasteiger partial charge in [-0.1, -0.05) is 24.6 Å². The quantitative estimate of drug-likeness (QED) is 0.860. The predicted molar refractivity (Wildman–Crippen MR) is 78.1 cm³/mol. The molecule has 0 amide bonds. The van der Waals surface area contributed by atoms with E-state index in [1.54, 1.807) is 6.07 Å². The van der Waals surface area contributed by atoms with Crippen LogP contribution in [-0.2, 0) is 0 Å². The topological polar surface area (TPSA) is 32.3 Å². The van der Waals surface area contributed by atoms with Crippen molar-refractivity contribution < 1.29 is 5.11 Å². The first kappa shape index (κ1) is 13.0. The molecule has 2 aliphatic rings. The summed E-state index contributed by atoms with van der Waals surface area (Å²) in [6, 6.07) is 8.43. The Bertz CT molecular complexity index is 445. The summed E-state index contributed by atoms with van der Waals surface area (Å²) in [5.41, 5.74) is 1.01. The molecule has 2 N–H and O–H groups in total. The number of nitrogens with one attached hydrogen (secondary N) is 1. The van der Waals surface area contributed by atoms with E-state index in [0.29, 0.717) is 11.8 Å². The summed E-state index contributed by atoms with van der Waals surface area (Å²) >= 11 is 0. The van der Waals surface area contributed by atoms with E-state index in [0.717, 1.165) is 23.3 Å². The molecule has 2 saturated carbocycles. The van der Waals surface area contributed by atoms with Gasteiger partial charge in [0.05, 0.1) is 0 Å². The van der Waals surface area contributed by atoms with E-state index in [2.05, 4.69) is 19.2 Å². The first-order valence-corrected chi connectivity index (χ1v) is 7.69. The van der Waals surface area contributed by atoms with Crippen LogP contribution in [0.25, 0.3) is 0 Å². The van der Waals surface area contributed by atoms with Crippen LogP contribution >= 0.6 is 0 Å². The van der Waals surface area contributed by atoms with Crippen molar-refractivity contribution in [2.24, 2.45) is 17.8 Å². The van der Waals surface area contributed by atoms with Crippen molar-refractivity contribution in [3.8, 4) is 5.75 Å². The SMILES string of the molecule is CC(NC(C)C1CC2CCC1C2)c1ccccc1O. The first-order valence-electron chi connectivity index (χ1n) is 7.69. The van der Waals surface area contributed by atoms with Gasteiger partial charge in [0.2, 0.25) is 0 Å². The van der Waals surface area contributed by atoms with E-state index in [1.165, 1.54) is 25.7 Å². The lowest BCUT2D eigenvalue weighted by Gasteiger charge is -2.31. The highest BCUT2D eigenvalue weighted by molar-refractivity contribution is 5.34. The molecule has 2 aliphatic carbocycles. The molecule has 3 rings (SSSR count). The number of fused-ring (bicyclic) bond motifs is 2. The van der Waals surface area contributed by atoms with Crippen molar-refractivity contribution in [1.29, 1.82) is 0 Å². The zero-order valence-electron chi connectivity index (χ0n) is 12.0. The highest BCUT2D eigenvalue weighted by Gasteiger charge is 2.41. The van der Waals surface area contributed by atoms with Crippen LogP contribution in [0, 0.1) is 17.8 Å². The van der Waals surface area contributed by atoms with Gasteiger partial charge in [-0.3, -0.25) is 0 Å². The number of aromatic hydroxyl groups is 1. The van der Waals surface area contributed by atoms with Gasteiger partial charge in [-0.05, 0) is 56.9 Å². The molecule has 5 atom stereocenters. The van der Waals surface area contributed by atoms with Gasteiger partial charge in [-0.15, -0.1) is 0 Å². The standard InChI is InChI=1S/C17H25NO/c1-11(15-5-3-4-6-17(15)19)18-12(2)16-10-13-7-8-14(16)9-13/h3-6,11-14,16,18-19H,7-10H2,1-2H3. The molecule has 5 unspecified atom stereocenters. The third-order valence-electron chi connectivity index (χ3n) is 5.35. The first-order chi connectivity index (χ1) is 9.15. The van der Waals surface area contributed by atoms with E-state index >= 15 is 0 Å². The largest absolute Gasteiger partial charge is 0.508 e. The maximum absolute atomic E-state index is 9.92. The average Bonchev–Trinajstić information content (AvgIpc) is 3.01. The number of para-hydroxylation sites is 1. The minimum absolute atomic E-state index is 0.218. The van der Waals surface area contributed by atoms with Gasteiger partial charge in [0, 0.05) is 17.6 Å².